The van der Waals surface area contributed by atoms with Gasteiger partial charge in [-0.1, -0.05) is 36.4 Å². The summed E-state index contributed by atoms with van der Waals surface area (Å²) >= 11 is 0. The topological polar surface area (TPSA) is 106 Å². The normalized spacial score (nSPS) is 14.8. The maximum atomic E-state index is 12.6. The Hall–Kier alpha value is -4.33. The summed E-state index contributed by atoms with van der Waals surface area (Å²) in [5, 5.41) is 2.78. The van der Waals surface area contributed by atoms with Crippen molar-refractivity contribution in [1.29, 1.82) is 0 Å². The highest BCUT2D eigenvalue weighted by Crippen LogP contribution is 2.28. The van der Waals surface area contributed by atoms with Crippen LogP contribution in [0.25, 0.3) is 0 Å². The highest BCUT2D eigenvalue weighted by atomic mass is 16.5. The van der Waals surface area contributed by atoms with Gasteiger partial charge in [-0.05, 0) is 67.8 Å². The molecule has 0 bridgehead atoms. The van der Waals surface area contributed by atoms with E-state index >= 15 is 0 Å². The van der Waals surface area contributed by atoms with Crippen molar-refractivity contribution in [2.45, 2.75) is 39.4 Å². The number of carbonyl (C=O) groups excluding carboxylic acids is 3. The van der Waals surface area contributed by atoms with Crippen molar-refractivity contribution in [1.82, 2.24) is 10.9 Å². The van der Waals surface area contributed by atoms with Crippen LogP contribution in [0.4, 0.5) is 5.69 Å². The summed E-state index contributed by atoms with van der Waals surface area (Å²) < 4.78 is 11.4. The van der Waals surface area contributed by atoms with E-state index in [0.717, 1.165) is 16.7 Å². The molecule has 2 atom stereocenters. The summed E-state index contributed by atoms with van der Waals surface area (Å²) in [5.41, 5.74) is 8.45. The minimum Gasteiger partial charge on any atom is -0.481 e. The standard InChI is InChI=1S/C27H27N3O5/c1-16-8-6-13-22(17(16)2)34-18(3)25(31)29-30-26(32)20-10-7-11-21(14-20)28-27(33)24-15-19-9-4-5-12-23(19)35-24/h4-14,18,24H,15H2,1-3H3,(H,28,33)(H,29,31)(H,30,32). The molecule has 3 amide bonds. The third-order valence-corrected chi connectivity index (χ3v) is 5.86. The molecule has 2 unspecified atom stereocenters. The number of carbonyl (C=O) groups is 3. The van der Waals surface area contributed by atoms with Crippen LogP contribution in [0.2, 0.25) is 0 Å². The number of amides is 3. The van der Waals surface area contributed by atoms with Crippen LogP contribution in [0.5, 0.6) is 11.5 Å². The van der Waals surface area contributed by atoms with Gasteiger partial charge in [0.25, 0.3) is 17.7 Å². The van der Waals surface area contributed by atoms with Crippen molar-refractivity contribution in [3.8, 4) is 11.5 Å². The fourth-order valence-electron chi connectivity index (χ4n) is 3.68. The third kappa shape index (κ3) is 5.60. The lowest BCUT2D eigenvalue weighted by Crippen LogP contribution is -2.47. The van der Waals surface area contributed by atoms with E-state index in [1.54, 1.807) is 31.2 Å². The van der Waals surface area contributed by atoms with Crippen LogP contribution in [0.1, 0.15) is 34.0 Å². The minimum absolute atomic E-state index is 0.266. The predicted octanol–water partition coefficient (Wildman–Crippen LogP) is 3.47. The van der Waals surface area contributed by atoms with Crippen molar-refractivity contribution in [2.24, 2.45) is 0 Å². The Morgan fingerprint density at radius 3 is 2.54 bits per heavy atom. The molecule has 1 aliphatic rings. The molecule has 1 heterocycles. The van der Waals surface area contributed by atoms with Crippen molar-refractivity contribution in [2.75, 3.05) is 5.32 Å². The summed E-state index contributed by atoms with van der Waals surface area (Å²) in [7, 11) is 0. The number of anilines is 1. The Bertz CT molecular complexity index is 1250. The van der Waals surface area contributed by atoms with Gasteiger partial charge in [0, 0.05) is 17.7 Å². The Balaban J connectivity index is 1.30. The van der Waals surface area contributed by atoms with Crippen molar-refractivity contribution < 1.29 is 23.9 Å². The second-order valence-electron chi connectivity index (χ2n) is 8.39. The van der Waals surface area contributed by atoms with Crippen molar-refractivity contribution in [3.05, 3.63) is 89.0 Å². The molecule has 0 spiro atoms. The van der Waals surface area contributed by atoms with Crippen molar-refractivity contribution >= 4 is 23.4 Å². The van der Waals surface area contributed by atoms with Gasteiger partial charge in [0.1, 0.15) is 11.5 Å². The molecule has 1 aliphatic heterocycles. The SMILES string of the molecule is Cc1cccc(OC(C)C(=O)NNC(=O)c2cccc(NC(=O)C3Cc4ccccc4O3)c2)c1C. The molecule has 0 saturated heterocycles. The predicted molar refractivity (Wildman–Crippen MR) is 131 cm³/mol. The van der Waals surface area contributed by atoms with Gasteiger partial charge in [0.05, 0.1) is 0 Å². The summed E-state index contributed by atoms with van der Waals surface area (Å²) in [5.74, 6) is -0.0203. The Labute approximate surface area is 203 Å². The second-order valence-corrected chi connectivity index (χ2v) is 8.39. The van der Waals surface area contributed by atoms with Crippen LogP contribution < -0.4 is 25.6 Å². The molecule has 0 radical (unpaired) electrons. The maximum Gasteiger partial charge on any atom is 0.279 e. The van der Waals surface area contributed by atoms with Gasteiger partial charge in [0.2, 0.25) is 0 Å². The number of ether oxygens (including phenoxy) is 2. The smallest absolute Gasteiger partial charge is 0.279 e. The molecule has 3 N–H and O–H groups in total. The second kappa shape index (κ2) is 10.3. The molecular formula is C27H27N3O5. The third-order valence-electron chi connectivity index (χ3n) is 5.86. The maximum absolute atomic E-state index is 12.6. The first-order valence-electron chi connectivity index (χ1n) is 11.3. The summed E-state index contributed by atoms with van der Waals surface area (Å²) in [6, 6.07) is 19.5. The van der Waals surface area contributed by atoms with Crippen LogP contribution in [0, 0.1) is 13.8 Å². The van der Waals surface area contributed by atoms with Gasteiger partial charge in [-0.25, -0.2) is 0 Å². The van der Waals surface area contributed by atoms with Gasteiger partial charge >= 0.3 is 0 Å². The Morgan fingerprint density at radius 1 is 0.971 bits per heavy atom. The molecule has 8 nitrogen and oxygen atoms in total. The van der Waals surface area contributed by atoms with E-state index in [2.05, 4.69) is 16.2 Å². The fourth-order valence-corrected chi connectivity index (χ4v) is 3.68. The van der Waals surface area contributed by atoms with E-state index in [1.807, 2.05) is 50.2 Å². The number of hydrogen-bond acceptors (Lipinski definition) is 5. The molecule has 35 heavy (non-hydrogen) atoms. The van der Waals surface area contributed by atoms with Gasteiger partial charge in [0.15, 0.2) is 12.2 Å². The monoisotopic (exact) mass is 473 g/mol. The molecule has 0 saturated carbocycles. The number of aryl methyl sites for hydroxylation is 1. The van der Waals surface area contributed by atoms with Gasteiger partial charge in [-0.3, -0.25) is 25.2 Å². The number of benzene rings is 3. The minimum atomic E-state index is -0.822. The largest absolute Gasteiger partial charge is 0.481 e. The summed E-state index contributed by atoms with van der Waals surface area (Å²) in [6.07, 6.45) is -0.976. The Morgan fingerprint density at radius 2 is 1.74 bits per heavy atom. The molecule has 0 fully saturated rings. The zero-order valence-electron chi connectivity index (χ0n) is 19.8. The number of hydrogen-bond donors (Lipinski definition) is 3. The van der Waals surface area contributed by atoms with E-state index in [0.29, 0.717) is 23.6 Å². The highest BCUT2D eigenvalue weighted by Gasteiger charge is 2.29. The van der Waals surface area contributed by atoms with E-state index in [-0.39, 0.29) is 11.5 Å². The highest BCUT2D eigenvalue weighted by molar-refractivity contribution is 5.99. The zero-order valence-corrected chi connectivity index (χ0v) is 19.8. The number of para-hydroxylation sites is 1. The molecular weight excluding hydrogens is 446 g/mol. The van der Waals surface area contributed by atoms with Gasteiger partial charge in [-0.2, -0.15) is 0 Å². The van der Waals surface area contributed by atoms with Crippen LogP contribution in [-0.4, -0.2) is 29.9 Å². The fraction of sp³-hybridized carbons (Fsp3) is 0.222. The molecule has 0 aromatic heterocycles. The van der Waals surface area contributed by atoms with E-state index < -0.39 is 24.0 Å². The lowest BCUT2D eigenvalue weighted by molar-refractivity contribution is -0.128. The number of rotatable bonds is 6. The van der Waals surface area contributed by atoms with E-state index in [9.17, 15) is 14.4 Å². The quantitative estimate of drug-likeness (QED) is 0.476. The molecule has 8 heteroatoms. The first-order chi connectivity index (χ1) is 16.8. The molecule has 3 aromatic carbocycles. The average Bonchev–Trinajstić information content (AvgIpc) is 3.30. The van der Waals surface area contributed by atoms with E-state index in [1.165, 1.54) is 6.07 Å². The number of nitrogens with one attached hydrogen (secondary N) is 3. The van der Waals surface area contributed by atoms with Crippen LogP contribution >= 0.6 is 0 Å². The number of hydrazine groups is 1. The van der Waals surface area contributed by atoms with Crippen LogP contribution in [0.3, 0.4) is 0 Å². The zero-order chi connectivity index (χ0) is 24.9. The lowest BCUT2D eigenvalue weighted by atomic mass is 10.1. The summed E-state index contributed by atoms with van der Waals surface area (Å²) in [6.45, 7) is 5.48. The Kier molecular flexibility index (Phi) is 7.01. The molecule has 180 valence electrons. The summed E-state index contributed by atoms with van der Waals surface area (Å²) in [4.78, 5) is 37.6. The van der Waals surface area contributed by atoms with Crippen LogP contribution in [-0.2, 0) is 16.0 Å². The average molecular weight is 474 g/mol. The molecule has 0 aliphatic carbocycles. The van der Waals surface area contributed by atoms with Crippen molar-refractivity contribution in [3.63, 3.8) is 0 Å². The molecule has 4 rings (SSSR count). The lowest BCUT2D eigenvalue weighted by Gasteiger charge is -2.17. The molecule has 3 aromatic rings. The number of fused-ring (bicyclic) bond motifs is 1. The first-order valence-corrected chi connectivity index (χ1v) is 11.3. The first kappa shape index (κ1) is 23.8. The van der Waals surface area contributed by atoms with E-state index in [4.69, 9.17) is 9.47 Å². The van der Waals surface area contributed by atoms with Gasteiger partial charge < -0.3 is 14.8 Å². The van der Waals surface area contributed by atoms with Crippen LogP contribution in [0.15, 0.2) is 66.7 Å². The van der Waals surface area contributed by atoms with Gasteiger partial charge in [-0.15, -0.1) is 0 Å².